The van der Waals surface area contributed by atoms with Gasteiger partial charge in [-0.15, -0.1) is 0 Å². The quantitative estimate of drug-likeness (QED) is 0.867. The Kier molecular flexibility index (Phi) is 5.52. The number of hydrogen-bond donors (Lipinski definition) is 2. The third kappa shape index (κ3) is 5.13. The van der Waals surface area contributed by atoms with Crippen LogP contribution in [0.1, 0.15) is 25.8 Å². The minimum absolute atomic E-state index is 0.119. The van der Waals surface area contributed by atoms with E-state index in [1.807, 2.05) is 24.3 Å². The molecule has 1 aliphatic heterocycles. The summed E-state index contributed by atoms with van der Waals surface area (Å²) < 4.78 is 0. The van der Waals surface area contributed by atoms with E-state index in [1.54, 1.807) is 4.90 Å². The molecule has 1 aliphatic rings. The van der Waals surface area contributed by atoms with Gasteiger partial charge in [0.25, 0.3) is 0 Å². The SMILES string of the molecule is CC(C)(CNC(=O)N1CCC(C(=O)O)C1)Cc1cccc(Cl)c1. The van der Waals surface area contributed by atoms with Gasteiger partial charge >= 0.3 is 12.0 Å². The monoisotopic (exact) mass is 338 g/mol. The molecular weight excluding hydrogens is 316 g/mol. The maximum Gasteiger partial charge on any atom is 0.317 e. The summed E-state index contributed by atoms with van der Waals surface area (Å²) >= 11 is 6.00. The van der Waals surface area contributed by atoms with Crippen molar-refractivity contribution in [3.8, 4) is 0 Å². The largest absolute Gasteiger partial charge is 0.481 e. The lowest BCUT2D eigenvalue weighted by atomic mass is 9.86. The molecule has 2 amide bonds. The van der Waals surface area contributed by atoms with Gasteiger partial charge in [-0.3, -0.25) is 4.79 Å². The van der Waals surface area contributed by atoms with Crippen LogP contribution in [0.15, 0.2) is 24.3 Å². The zero-order valence-electron chi connectivity index (χ0n) is 13.5. The van der Waals surface area contributed by atoms with Crippen molar-refractivity contribution in [2.24, 2.45) is 11.3 Å². The summed E-state index contributed by atoms with van der Waals surface area (Å²) in [6, 6.07) is 7.53. The van der Waals surface area contributed by atoms with Gasteiger partial charge in [0.1, 0.15) is 0 Å². The van der Waals surface area contributed by atoms with E-state index in [0.29, 0.717) is 24.5 Å². The highest BCUT2D eigenvalue weighted by Gasteiger charge is 2.31. The van der Waals surface area contributed by atoms with Crippen molar-refractivity contribution in [3.63, 3.8) is 0 Å². The van der Waals surface area contributed by atoms with Crippen LogP contribution in [0.2, 0.25) is 5.02 Å². The van der Waals surface area contributed by atoms with Gasteiger partial charge in [0.15, 0.2) is 0 Å². The Morgan fingerprint density at radius 1 is 1.43 bits per heavy atom. The second kappa shape index (κ2) is 7.21. The summed E-state index contributed by atoms with van der Waals surface area (Å²) in [6.45, 7) is 5.47. The van der Waals surface area contributed by atoms with E-state index in [9.17, 15) is 9.59 Å². The Balaban J connectivity index is 1.84. The van der Waals surface area contributed by atoms with E-state index in [1.165, 1.54) is 0 Å². The van der Waals surface area contributed by atoms with Crippen molar-refractivity contribution in [2.75, 3.05) is 19.6 Å². The zero-order chi connectivity index (χ0) is 17.0. The molecule has 23 heavy (non-hydrogen) atoms. The second-order valence-electron chi connectivity index (χ2n) is 6.90. The summed E-state index contributed by atoms with van der Waals surface area (Å²) in [5.41, 5.74) is 1.01. The summed E-state index contributed by atoms with van der Waals surface area (Å²) in [5.74, 6) is -1.28. The molecule has 5 nitrogen and oxygen atoms in total. The van der Waals surface area contributed by atoms with Crippen molar-refractivity contribution in [2.45, 2.75) is 26.7 Å². The van der Waals surface area contributed by atoms with Gasteiger partial charge in [0.05, 0.1) is 5.92 Å². The highest BCUT2D eigenvalue weighted by Crippen LogP contribution is 2.23. The van der Waals surface area contributed by atoms with Crippen LogP contribution in [0.3, 0.4) is 0 Å². The summed E-state index contributed by atoms with van der Waals surface area (Å²) in [7, 11) is 0. The van der Waals surface area contributed by atoms with Crippen molar-refractivity contribution in [1.82, 2.24) is 10.2 Å². The van der Waals surface area contributed by atoms with Crippen LogP contribution in [0.4, 0.5) is 4.79 Å². The van der Waals surface area contributed by atoms with Crippen LogP contribution in [0.25, 0.3) is 0 Å². The van der Waals surface area contributed by atoms with Crippen LogP contribution < -0.4 is 5.32 Å². The fourth-order valence-corrected chi connectivity index (χ4v) is 3.05. The highest BCUT2D eigenvalue weighted by atomic mass is 35.5. The number of rotatable bonds is 5. The molecule has 1 atom stereocenters. The van der Waals surface area contributed by atoms with Crippen molar-refractivity contribution in [3.05, 3.63) is 34.9 Å². The molecule has 6 heteroatoms. The molecule has 2 N–H and O–H groups in total. The molecule has 126 valence electrons. The molecule has 0 aromatic heterocycles. The third-order valence-electron chi connectivity index (χ3n) is 4.11. The Morgan fingerprint density at radius 2 is 2.17 bits per heavy atom. The van der Waals surface area contributed by atoms with Crippen molar-refractivity contribution >= 4 is 23.6 Å². The first-order chi connectivity index (χ1) is 10.8. The molecule has 1 aromatic carbocycles. The average Bonchev–Trinajstić information content (AvgIpc) is 2.94. The number of carbonyl (C=O) groups is 2. The molecule has 0 bridgehead atoms. The number of carboxylic acid groups (broad SMARTS) is 1. The van der Waals surface area contributed by atoms with E-state index in [4.69, 9.17) is 16.7 Å². The first kappa shape index (κ1) is 17.6. The van der Waals surface area contributed by atoms with Crippen LogP contribution in [-0.2, 0) is 11.2 Å². The first-order valence-electron chi connectivity index (χ1n) is 7.77. The van der Waals surface area contributed by atoms with Crippen LogP contribution in [-0.4, -0.2) is 41.6 Å². The minimum Gasteiger partial charge on any atom is -0.481 e. The van der Waals surface area contributed by atoms with Gasteiger partial charge in [0, 0.05) is 24.7 Å². The number of nitrogens with zero attached hydrogens (tertiary/aromatic N) is 1. The number of urea groups is 1. The fraction of sp³-hybridized carbons (Fsp3) is 0.529. The number of benzene rings is 1. The van der Waals surface area contributed by atoms with E-state index < -0.39 is 11.9 Å². The fourth-order valence-electron chi connectivity index (χ4n) is 2.84. The van der Waals surface area contributed by atoms with E-state index in [0.717, 1.165) is 12.0 Å². The standard InChI is InChI=1S/C17H23ClN2O3/c1-17(2,9-12-4-3-5-14(18)8-12)11-19-16(23)20-7-6-13(10-20)15(21)22/h3-5,8,13H,6-7,9-11H2,1-2H3,(H,19,23)(H,21,22). The Hall–Kier alpha value is -1.75. The lowest BCUT2D eigenvalue weighted by Gasteiger charge is -2.27. The molecule has 1 heterocycles. The third-order valence-corrected chi connectivity index (χ3v) is 4.35. The van der Waals surface area contributed by atoms with Crippen LogP contribution in [0, 0.1) is 11.3 Å². The molecule has 1 fully saturated rings. The lowest BCUT2D eigenvalue weighted by Crippen LogP contribution is -2.43. The van der Waals surface area contributed by atoms with Crippen LogP contribution >= 0.6 is 11.6 Å². The molecule has 1 unspecified atom stereocenters. The first-order valence-corrected chi connectivity index (χ1v) is 8.15. The predicted octanol–water partition coefficient (Wildman–Crippen LogP) is 3.02. The molecule has 0 aliphatic carbocycles. The van der Waals surface area contributed by atoms with Gasteiger partial charge in [-0.25, -0.2) is 4.79 Å². The lowest BCUT2D eigenvalue weighted by molar-refractivity contribution is -0.141. The smallest absolute Gasteiger partial charge is 0.317 e. The topological polar surface area (TPSA) is 69.6 Å². The molecule has 1 aromatic rings. The Bertz CT molecular complexity index is 589. The molecule has 1 saturated heterocycles. The van der Waals surface area contributed by atoms with Crippen molar-refractivity contribution in [1.29, 1.82) is 0 Å². The van der Waals surface area contributed by atoms with E-state index in [-0.39, 0.29) is 18.0 Å². The summed E-state index contributed by atoms with van der Waals surface area (Å²) in [6.07, 6.45) is 1.32. The van der Waals surface area contributed by atoms with Gasteiger partial charge < -0.3 is 15.3 Å². The minimum atomic E-state index is -0.832. The summed E-state index contributed by atoms with van der Waals surface area (Å²) in [5, 5.41) is 12.6. The van der Waals surface area contributed by atoms with Gasteiger partial charge in [-0.05, 0) is 36.0 Å². The number of nitrogens with one attached hydrogen (secondary N) is 1. The van der Waals surface area contributed by atoms with Crippen LogP contribution in [0.5, 0.6) is 0 Å². The molecule has 0 saturated carbocycles. The number of carboxylic acids is 1. The maximum atomic E-state index is 12.2. The average molecular weight is 339 g/mol. The molecule has 0 radical (unpaired) electrons. The molecule has 2 rings (SSSR count). The van der Waals surface area contributed by atoms with E-state index >= 15 is 0 Å². The number of halogens is 1. The molecule has 0 spiro atoms. The number of amides is 2. The Labute approximate surface area is 141 Å². The van der Waals surface area contributed by atoms with Gasteiger partial charge in [0.2, 0.25) is 0 Å². The normalized spacial score (nSPS) is 18.0. The van der Waals surface area contributed by atoms with Crippen molar-refractivity contribution < 1.29 is 14.7 Å². The van der Waals surface area contributed by atoms with Gasteiger partial charge in [-0.1, -0.05) is 37.6 Å². The second-order valence-corrected chi connectivity index (χ2v) is 7.34. The number of hydrogen-bond acceptors (Lipinski definition) is 2. The number of aliphatic carboxylic acids is 1. The number of likely N-dealkylation sites (tertiary alicyclic amines) is 1. The maximum absolute atomic E-state index is 12.2. The zero-order valence-corrected chi connectivity index (χ0v) is 14.3. The highest BCUT2D eigenvalue weighted by molar-refractivity contribution is 6.30. The molecular formula is C17H23ClN2O3. The Morgan fingerprint density at radius 3 is 2.78 bits per heavy atom. The summed E-state index contributed by atoms with van der Waals surface area (Å²) in [4.78, 5) is 24.7. The predicted molar refractivity (Wildman–Crippen MR) is 89.7 cm³/mol. The number of carbonyl (C=O) groups excluding carboxylic acids is 1. The van der Waals surface area contributed by atoms with E-state index in [2.05, 4.69) is 19.2 Å². The van der Waals surface area contributed by atoms with Gasteiger partial charge in [-0.2, -0.15) is 0 Å².